The second kappa shape index (κ2) is 6.98. The minimum absolute atomic E-state index is 0.0582. The number of Topliss-reactive ketones (excluding diaryl/α,β-unsaturated/α-hetero) is 1. The van der Waals surface area contributed by atoms with Crippen LogP contribution in [-0.2, 0) is 19.1 Å². The highest BCUT2D eigenvalue weighted by molar-refractivity contribution is 6.03. The molecule has 1 aliphatic heterocycles. The predicted molar refractivity (Wildman–Crippen MR) is 63.0 cm³/mol. The number of ketones is 1. The van der Waals surface area contributed by atoms with E-state index in [0.717, 1.165) is 12.8 Å². The summed E-state index contributed by atoms with van der Waals surface area (Å²) < 4.78 is 9.77. The van der Waals surface area contributed by atoms with Crippen LogP contribution in [0.1, 0.15) is 26.7 Å². The van der Waals surface area contributed by atoms with Gasteiger partial charge in [0.1, 0.15) is 5.92 Å². The van der Waals surface area contributed by atoms with E-state index < -0.39 is 18.0 Å². The van der Waals surface area contributed by atoms with Crippen molar-refractivity contribution in [3.05, 3.63) is 0 Å². The third-order valence-electron chi connectivity index (χ3n) is 2.69. The maximum atomic E-state index is 11.6. The third kappa shape index (κ3) is 3.72. The molecule has 0 aromatic heterocycles. The molecule has 102 valence electrons. The van der Waals surface area contributed by atoms with Gasteiger partial charge in [0.05, 0.1) is 19.8 Å². The Kier molecular flexibility index (Phi) is 5.61. The van der Waals surface area contributed by atoms with Crippen LogP contribution in [0.3, 0.4) is 0 Å². The maximum Gasteiger partial charge on any atom is 0.410 e. The molecule has 1 atom stereocenters. The largest absolute Gasteiger partial charge is 0.465 e. The Morgan fingerprint density at radius 3 is 2.67 bits per heavy atom. The van der Waals surface area contributed by atoms with Crippen LogP contribution < -0.4 is 0 Å². The molecule has 1 unspecified atom stereocenters. The molecule has 1 saturated heterocycles. The quantitative estimate of drug-likeness (QED) is 0.417. The van der Waals surface area contributed by atoms with Gasteiger partial charge in [0.2, 0.25) is 0 Å². The summed E-state index contributed by atoms with van der Waals surface area (Å²) in [5.41, 5.74) is 0. The first-order valence-corrected chi connectivity index (χ1v) is 6.21. The first-order valence-electron chi connectivity index (χ1n) is 6.21. The van der Waals surface area contributed by atoms with E-state index >= 15 is 0 Å². The van der Waals surface area contributed by atoms with Gasteiger partial charge in [0.15, 0.2) is 5.78 Å². The molecule has 0 aliphatic carbocycles. The van der Waals surface area contributed by atoms with Gasteiger partial charge in [-0.2, -0.15) is 0 Å². The number of carbonyl (C=O) groups excluding carboxylic acids is 3. The molecule has 0 N–H and O–H groups in total. The number of amides is 1. The molecule has 0 saturated carbocycles. The van der Waals surface area contributed by atoms with Gasteiger partial charge in [-0.05, 0) is 13.3 Å². The molecule has 6 heteroatoms. The monoisotopic (exact) mass is 257 g/mol. The third-order valence-corrected chi connectivity index (χ3v) is 2.69. The predicted octanol–water partition coefficient (Wildman–Crippen LogP) is 0.987. The van der Waals surface area contributed by atoms with Crippen molar-refractivity contribution < 1.29 is 23.9 Å². The molecule has 1 fully saturated rings. The van der Waals surface area contributed by atoms with Crippen molar-refractivity contribution in [2.45, 2.75) is 26.7 Å². The van der Waals surface area contributed by atoms with Crippen molar-refractivity contribution in [3.8, 4) is 0 Å². The Morgan fingerprint density at radius 1 is 1.33 bits per heavy atom. The lowest BCUT2D eigenvalue weighted by Gasteiger charge is -2.14. The van der Waals surface area contributed by atoms with Crippen molar-refractivity contribution in [1.82, 2.24) is 4.90 Å². The zero-order chi connectivity index (χ0) is 13.5. The number of hydrogen-bond donors (Lipinski definition) is 0. The van der Waals surface area contributed by atoms with Crippen LogP contribution >= 0.6 is 0 Å². The summed E-state index contributed by atoms with van der Waals surface area (Å²) >= 11 is 0. The first-order chi connectivity index (χ1) is 8.60. The number of hydrogen-bond acceptors (Lipinski definition) is 5. The van der Waals surface area contributed by atoms with Crippen LogP contribution in [-0.4, -0.2) is 49.0 Å². The Bertz CT molecular complexity index is 328. The van der Waals surface area contributed by atoms with Gasteiger partial charge < -0.3 is 9.47 Å². The topological polar surface area (TPSA) is 72.9 Å². The standard InChI is InChI=1S/C12H19NO5/c1-3-5-6-18-12(16)13-7-9(10(14)8-13)11(15)17-4-2/h9H,3-8H2,1-2H3. The molecule has 0 aromatic carbocycles. The van der Waals surface area contributed by atoms with E-state index in [0.29, 0.717) is 6.61 Å². The van der Waals surface area contributed by atoms with Crippen LogP contribution in [0.5, 0.6) is 0 Å². The molecular weight excluding hydrogens is 238 g/mol. The van der Waals surface area contributed by atoms with Crippen molar-refractivity contribution in [2.24, 2.45) is 5.92 Å². The van der Waals surface area contributed by atoms with Crippen LogP contribution in [0.25, 0.3) is 0 Å². The van der Waals surface area contributed by atoms with Crippen LogP contribution in [0.15, 0.2) is 0 Å². The molecule has 0 bridgehead atoms. The van der Waals surface area contributed by atoms with Crippen LogP contribution in [0, 0.1) is 5.92 Å². The lowest BCUT2D eigenvalue weighted by atomic mass is 10.1. The van der Waals surface area contributed by atoms with Gasteiger partial charge in [-0.3, -0.25) is 14.5 Å². The van der Waals surface area contributed by atoms with Crippen molar-refractivity contribution in [1.29, 1.82) is 0 Å². The highest BCUT2D eigenvalue weighted by Crippen LogP contribution is 2.15. The van der Waals surface area contributed by atoms with E-state index in [1.165, 1.54) is 4.90 Å². The molecule has 0 spiro atoms. The van der Waals surface area contributed by atoms with E-state index in [9.17, 15) is 14.4 Å². The van der Waals surface area contributed by atoms with Gasteiger partial charge in [-0.15, -0.1) is 0 Å². The molecule has 1 aliphatic rings. The number of carbonyl (C=O) groups is 3. The minimum atomic E-state index is -0.858. The van der Waals surface area contributed by atoms with Crippen molar-refractivity contribution >= 4 is 17.8 Å². The summed E-state index contributed by atoms with van der Waals surface area (Å²) in [6, 6.07) is 0. The fourth-order valence-corrected chi connectivity index (χ4v) is 1.67. The Hall–Kier alpha value is -1.59. The Morgan fingerprint density at radius 2 is 2.06 bits per heavy atom. The van der Waals surface area contributed by atoms with Gasteiger partial charge in [0, 0.05) is 6.54 Å². The zero-order valence-corrected chi connectivity index (χ0v) is 10.8. The zero-order valence-electron chi connectivity index (χ0n) is 10.8. The molecule has 1 rings (SSSR count). The number of esters is 1. The fraction of sp³-hybridized carbons (Fsp3) is 0.750. The van der Waals surface area contributed by atoms with Crippen molar-refractivity contribution in [3.63, 3.8) is 0 Å². The second-order valence-corrected chi connectivity index (χ2v) is 4.12. The minimum Gasteiger partial charge on any atom is -0.465 e. The second-order valence-electron chi connectivity index (χ2n) is 4.12. The first kappa shape index (κ1) is 14.5. The number of likely N-dealkylation sites (tertiary alicyclic amines) is 1. The van der Waals surface area contributed by atoms with Crippen molar-refractivity contribution in [2.75, 3.05) is 26.3 Å². The number of nitrogens with zero attached hydrogens (tertiary/aromatic N) is 1. The summed E-state index contributed by atoms with van der Waals surface area (Å²) in [5.74, 6) is -1.71. The summed E-state index contributed by atoms with van der Waals surface area (Å²) in [5, 5.41) is 0. The SMILES string of the molecule is CCCCOC(=O)N1CC(=O)C(C(=O)OCC)C1. The van der Waals surface area contributed by atoms with Crippen LogP contribution in [0.4, 0.5) is 4.79 Å². The molecule has 0 aromatic rings. The highest BCUT2D eigenvalue weighted by atomic mass is 16.6. The smallest absolute Gasteiger partial charge is 0.410 e. The summed E-state index contributed by atoms with van der Waals surface area (Å²) in [6.07, 6.45) is 1.18. The van der Waals surface area contributed by atoms with Gasteiger partial charge in [-0.1, -0.05) is 13.3 Å². The lowest BCUT2D eigenvalue weighted by Crippen LogP contribution is -2.31. The number of ether oxygens (including phenoxy) is 2. The molecule has 1 heterocycles. The molecule has 1 amide bonds. The van der Waals surface area contributed by atoms with Gasteiger partial charge in [0.25, 0.3) is 0 Å². The maximum absolute atomic E-state index is 11.6. The van der Waals surface area contributed by atoms with Crippen LogP contribution in [0.2, 0.25) is 0 Å². The van der Waals surface area contributed by atoms with Gasteiger partial charge >= 0.3 is 12.1 Å². The Balaban J connectivity index is 2.45. The summed E-state index contributed by atoms with van der Waals surface area (Å²) in [7, 11) is 0. The van der Waals surface area contributed by atoms with Gasteiger partial charge in [-0.25, -0.2) is 4.79 Å². The number of rotatable bonds is 5. The molecule has 6 nitrogen and oxygen atoms in total. The van der Waals surface area contributed by atoms with E-state index in [4.69, 9.17) is 9.47 Å². The van der Waals surface area contributed by atoms with E-state index in [1.54, 1.807) is 6.92 Å². The summed E-state index contributed by atoms with van der Waals surface area (Å²) in [4.78, 5) is 35.9. The lowest BCUT2D eigenvalue weighted by molar-refractivity contribution is -0.149. The summed E-state index contributed by atoms with van der Waals surface area (Å²) in [6.45, 7) is 4.21. The average molecular weight is 257 g/mol. The van der Waals surface area contributed by atoms with E-state index in [-0.39, 0.29) is 25.5 Å². The van der Waals surface area contributed by atoms with E-state index in [2.05, 4.69) is 0 Å². The number of unbranched alkanes of at least 4 members (excludes halogenated alkanes) is 1. The highest BCUT2D eigenvalue weighted by Gasteiger charge is 2.39. The normalized spacial score (nSPS) is 18.9. The fourth-order valence-electron chi connectivity index (χ4n) is 1.67. The molecule has 0 radical (unpaired) electrons. The molecule has 18 heavy (non-hydrogen) atoms. The Labute approximate surface area is 106 Å². The average Bonchev–Trinajstić information content (AvgIpc) is 2.72. The van der Waals surface area contributed by atoms with E-state index in [1.807, 2.05) is 6.92 Å². The molecular formula is C12H19NO5.